The number of aryl methyl sites for hydroxylation is 1. The maximum atomic E-state index is 13.4. The minimum atomic E-state index is -4.18. The molecule has 0 aliphatic carbocycles. The van der Waals surface area contributed by atoms with Gasteiger partial charge in [-0.25, -0.2) is 17.9 Å². The van der Waals surface area contributed by atoms with E-state index in [0.29, 0.717) is 17.7 Å². The number of carbonyl (C=O) groups excluding carboxylic acids is 3. The third-order valence-corrected chi connectivity index (χ3v) is 6.90. The first-order chi connectivity index (χ1) is 17.1. The van der Waals surface area contributed by atoms with E-state index in [2.05, 4.69) is 10.6 Å². The Morgan fingerprint density at radius 3 is 2.36 bits per heavy atom. The van der Waals surface area contributed by atoms with Gasteiger partial charge in [0.1, 0.15) is 11.8 Å². The fraction of sp³-hybridized carbons (Fsp3) is 0.160. The van der Waals surface area contributed by atoms with Gasteiger partial charge in [-0.3, -0.25) is 9.59 Å². The minimum Gasteiger partial charge on any atom is -0.506 e. The number of anilines is 2. The molecule has 188 valence electrons. The van der Waals surface area contributed by atoms with Gasteiger partial charge in [-0.1, -0.05) is 48.5 Å². The Bertz CT molecular complexity index is 1360. The Hall–Kier alpha value is -4.38. The lowest BCUT2D eigenvalue weighted by Gasteiger charge is -2.25. The van der Waals surface area contributed by atoms with Crippen LogP contribution in [0.3, 0.4) is 0 Å². The van der Waals surface area contributed by atoms with Crippen molar-refractivity contribution in [3.8, 4) is 5.75 Å². The molecule has 0 aliphatic heterocycles. The largest absolute Gasteiger partial charge is 0.506 e. The molecule has 4 N–H and O–H groups in total. The first kappa shape index (κ1) is 26.2. The standard InChI is InChI=1S/C25H26N4O6S/c1-17-8-6-7-11-23(17)36(34,35)28-25(33)27-21(14-18-9-4-3-5-10-18)24(32)29(2)19-12-13-22(31)20(15-19)26-16-30/h3-13,15-16,21,31H,14H2,1-2H3,(H,26,30)(H2,27,28,33)/t21-/m0/s1. The lowest BCUT2D eigenvalue weighted by molar-refractivity contribution is -0.120. The number of amides is 4. The lowest BCUT2D eigenvalue weighted by Crippen LogP contribution is -2.52. The van der Waals surface area contributed by atoms with Crippen LogP contribution in [0, 0.1) is 6.92 Å². The summed E-state index contributed by atoms with van der Waals surface area (Å²) in [4.78, 5) is 38.1. The molecule has 3 aromatic rings. The molecule has 0 saturated heterocycles. The van der Waals surface area contributed by atoms with Crippen LogP contribution in [-0.4, -0.2) is 45.0 Å². The lowest BCUT2D eigenvalue weighted by atomic mass is 10.0. The van der Waals surface area contributed by atoms with Gasteiger partial charge >= 0.3 is 6.03 Å². The van der Waals surface area contributed by atoms with Crippen LogP contribution in [0.25, 0.3) is 0 Å². The molecule has 10 nitrogen and oxygen atoms in total. The molecule has 11 heteroatoms. The van der Waals surface area contributed by atoms with Gasteiger partial charge in [0.15, 0.2) is 0 Å². The normalized spacial score (nSPS) is 11.7. The second kappa shape index (κ2) is 11.4. The van der Waals surface area contributed by atoms with Crippen molar-refractivity contribution < 1.29 is 27.9 Å². The molecule has 1 atom stereocenters. The molecular weight excluding hydrogens is 484 g/mol. The van der Waals surface area contributed by atoms with Gasteiger partial charge in [-0.15, -0.1) is 0 Å². The zero-order chi connectivity index (χ0) is 26.3. The highest BCUT2D eigenvalue weighted by Gasteiger charge is 2.28. The number of phenolic OH excluding ortho intramolecular Hbond substituents is 1. The third-order valence-electron chi connectivity index (χ3n) is 5.41. The molecule has 3 aromatic carbocycles. The highest BCUT2D eigenvalue weighted by Crippen LogP contribution is 2.28. The molecule has 0 unspecified atom stereocenters. The minimum absolute atomic E-state index is 0.0532. The molecule has 3 rings (SSSR count). The fourth-order valence-electron chi connectivity index (χ4n) is 3.55. The molecular formula is C25H26N4O6S. The average molecular weight is 511 g/mol. The van der Waals surface area contributed by atoms with Crippen LogP contribution >= 0.6 is 0 Å². The van der Waals surface area contributed by atoms with Gasteiger partial charge in [-0.05, 0) is 42.3 Å². The van der Waals surface area contributed by atoms with Gasteiger partial charge in [0, 0.05) is 19.2 Å². The van der Waals surface area contributed by atoms with Gasteiger partial charge < -0.3 is 20.6 Å². The summed E-state index contributed by atoms with van der Waals surface area (Å²) in [5.41, 5.74) is 1.62. The van der Waals surface area contributed by atoms with E-state index in [0.717, 1.165) is 5.56 Å². The van der Waals surface area contributed by atoms with Crippen LogP contribution in [-0.2, 0) is 26.0 Å². The van der Waals surface area contributed by atoms with E-state index in [1.807, 2.05) is 4.72 Å². The number of hydrogen-bond acceptors (Lipinski definition) is 6. The number of benzene rings is 3. The summed E-state index contributed by atoms with van der Waals surface area (Å²) in [5.74, 6) is -0.739. The average Bonchev–Trinajstić information content (AvgIpc) is 2.84. The van der Waals surface area contributed by atoms with Crippen molar-refractivity contribution >= 4 is 39.7 Å². The van der Waals surface area contributed by atoms with Crippen molar-refractivity contribution in [2.45, 2.75) is 24.3 Å². The predicted molar refractivity (Wildman–Crippen MR) is 135 cm³/mol. The number of nitrogens with one attached hydrogen (secondary N) is 3. The summed E-state index contributed by atoms with van der Waals surface area (Å²) in [6, 6.07) is 17.1. The van der Waals surface area contributed by atoms with E-state index in [9.17, 15) is 27.9 Å². The van der Waals surface area contributed by atoms with Gasteiger partial charge in [0.2, 0.25) is 12.3 Å². The SMILES string of the molecule is Cc1ccccc1S(=O)(=O)NC(=O)N[C@@H](Cc1ccccc1)C(=O)N(C)c1ccc(O)c(NC=O)c1. The van der Waals surface area contributed by atoms with Crippen molar-refractivity contribution in [2.24, 2.45) is 0 Å². The van der Waals surface area contributed by atoms with Gasteiger partial charge in [0.05, 0.1) is 10.6 Å². The number of aromatic hydroxyl groups is 1. The number of urea groups is 1. The first-order valence-electron chi connectivity index (χ1n) is 10.9. The van der Waals surface area contributed by atoms with E-state index < -0.39 is 28.0 Å². The molecule has 0 radical (unpaired) electrons. The number of nitrogens with zero attached hydrogens (tertiary/aromatic N) is 1. The molecule has 36 heavy (non-hydrogen) atoms. The van der Waals surface area contributed by atoms with Crippen molar-refractivity contribution in [1.82, 2.24) is 10.0 Å². The van der Waals surface area contributed by atoms with Crippen molar-refractivity contribution in [1.29, 1.82) is 0 Å². The summed E-state index contributed by atoms with van der Waals surface area (Å²) >= 11 is 0. The molecule has 0 fully saturated rings. The first-order valence-corrected chi connectivity index (χ1v) is 12.3. The second-order valence-corrected chi connectivity index (χ2v) is 9.60. The smallest absolute Gasteiger partial charge is 0.329 e. The Morgan fingerprint density at radius 2 is 1.69 bits per heavy atom. The van der Waals surface area contributed by atoms with Crippen molar-refractivity contribution in [2.75, 3.05) is 17.3 Å². The quantitative estimate of drug-likeness (QED) is 0.257. The number of likely N-dealkylation sites (N-methyl/N-ethyl adjacent to an activating group) is 1. The summed E-state index contributed by atoms with van der Waals surface area (Å²) in [6.07, 6.45) is 0.471. The van der Waals surface area contributed by atoms with E-state index in [1.165, 1.54) is 36.2 Å². The Morgan fingerprint density at radius 1 is 1.03 bits per heavy atom. The summed E-state index contributed by atoms with van der Waals surface area (Å²) < 4.78 is 27.4. The van der Waals surface area contributed by atoms with Crippen molar-refractivity contribution in [3.63, 3.8) is 0 Å². The maximum Gasteiger partial charge on any atom is 0.329 e. The monoisotopic (exact) mass is 510 g/mol. The molecule has 0 saturated carbocycles. The highest BCUT2D eigenvalue weighted by atomic mass is 32.2. The summed E-state index contributed by atoms with van der Waals surface area (Å²) in [5, 5.41) is 14.7. The Balaban J connectivity index is 1.85. The van der Waals surface area contributed by atoms with E-state index in [4.69, 9.17) is 0 Å². The van der Waals surface area contributed by atoms with E-state index >= 15 is 0 Å². The van der Waals surface area contributed by atoms with Crippen LogP contribution in [0.1, 0.15) is 11.1 Å². The van der Waals surface area contributed by atoms with E-state index in [1.54, 1.807) is 55.5 Å². The number of hydrogen-bond donors (Lipinski definition) is 4. The fourth-order valence-corrected chi connectivity index (χ4v) is 4.71. The number of phenols is 1. The van der Waals surface area contributed by atoms with E-state index in [-0.39, 0.29) is 22.8 Å². The molecule has 0 aromatic heterocycles. The summed E-state index contributed by atoms with van der Waals surface area (Å²) in [6.45, 7) is 1.61. The number of carbonyl (C=O) groups is 3. The molecule has 0 bridgehead atoms. The topological polar surface area (TPSA) is 145 Å². The molecule has 0 aliphatic rings. The van der Waals surface area contributed by atoms with Crippen LogP contribution in [0.15, 0.2) is 77.7 Å². The zero-order valence-electron chi connectivity index (χ0n) is 19.6. The van der Waals surface area contributed by atoms with Crippen LogP contribution in [0.4, 0.5) is 16.2 Å². The maximum absolute atomic E-state index is 13.4. The highest BCUT2D eigenvalue weighted by molar-refractivity contribution is 7.90. The number of rotatable bonds is 9. The van der Waals surface area contributed by atoms with Crippen LogP contribution in [0.5, 0.6) is 5.75 Å². The van der Waals surface area contributed by atoms with Gasteiger partial charge in [-0.2, -0.15) is 0 Å². The zero-order valence-corrected chi connectivity index (χ0v) is 20.5. The Kier molecular flexibility index (Phi) is 8.28. The predicted octanol–water partition coefficient (Wildman–Crippen LogP) is 2.53. The Labute approximate surface area is 209 Å². The van der Waals surface area contributed by atoms with Gasteiger partial charge in [0.25, 0.3) is 10.0 Å². The van der Waals surface area contributed by atoms with Crippen LogP contribution < -0.4 is 20.3 Å². The molecule has 4 amide bonds. The number of sulfonamides is 1. The third kappa shape index (κ3) is 6.39. The molecule has 0 heterocycles. The summed E-state index contributed by atoms with van der Waals surface area (Å²) in [7, 11) is -2.72. The second-order valence-electron chi connectivity index (χ2n) is 7.95. The molecule has 0 spiro atoms. The van der Waals surface area contributed by atoms with Crippen LogP contribution in [0.2, 0.25) is 0 Å². The van der Waals surface area contributed by atoms with Crippen molar-refractivity contribution in [3.05, 3.63) is 83.9 Å².